The van der Waals surface area contributed by atoms with E-state index < -0.39 is 11.0 Å². The van der Waals surface area contributed by atoms with Crippen LogP contribution >= 0.6 is 11.6 Å². The molecule has 1 amide bonds. The first kappa shape index (κ1) is 18.8. The van der Waals surface area contributed by atoms with Crippen LogP contribution in [0.1, 0.15) is 57.1 Å². The van der Waals surface area contributed by atoms with Gasteiger partial charge in [-0.3, -0.25) is 9.59 Å². The number of benzene rings is 1. The average Bonchev–Trinajstić information content (AvgIpc) is 2.57. The summed E-state index contributed by atoms with van der Waals surface area (Å²) in [7, 11) is 0. The van der Waals surface area contributed by atoms with Gasteiger partial charge in [-0.2, -0.15) is 0 Å². The molecule has 2 N–H and O–H groups in total. The highest BCUT2D eigenvalue weighted by Gasteiger charge is 2.60. The molecular weight excluding hydrogens is 366 g/mol. The molecule has 1 aromatic carbocycles. The van der Waals surface area contributed by atoms with Crippen molar-refractivity contribution in [3.05, 3.63) is 34.9 Å². The minimum absolute atomic E-state index is 0.273. The van der Waals surface area contributed by atoms with Crippen LogP contribution in [0.4, 0.5) is 0 Å². The molecule has 4 saturated carbocycles. The summed E-state index contributed by atoms with van der Waals surface area (Å²) in [5, 5.41) is 14.2. The Morgan fingerprint density at radius 3 is 2.56 bits per heavy atom. The van der Waals surface area contributed by atoms with Crippen LogP contribution < -0.4 is 5.32 Å². The van der Waals surface area contributed by atoms with Crippen LogP contribution in [-0.2, 0) is 14.3 Å². The molecule has 4 aliphatic rings. The Balaban J connectivity index is 1.34. The lowest BCUT2D eigenvalue weighted by Gasteiger charge is -2.58. The summed E-state index contributed by atoms with van der Waals surface area (Å²) in [4.78, 5) is 25.1. The molecule has 1 aromatic rings. The van der Waals surface area contributed by atoms with E-state index in [-0.39, 0.29) is 24.5 Å². The molecule has 4 fully saturated rings. The Bertz CT molecular complexity index is 750. The fourth-order valence-corrected chi connectivity index (χ4v) is 6.22. The van der Waals surface area contributed by atoms with Crippen LogP contribution in [0.25, 0.3) is 0 Å². The van der Waals surface area contributed by atoms with E-state index in [0.29, 0.717) is 23.3 Å². The number of carbonyl (C=O) groups excluding carboxylic acids is 2. The van der Waals surface area contributed by atoms with Gasteiger partial charge in [-0.25, -0.2) is 0 Å². The van der Waals surface area contributed by atoms with Crippen molar-refractivity contribution in [3.8, 4) is 0 Å². The van der Waals surface area contributed by atoms with Gasteiger partial charge in [0.15, 0.2) is 6.61 Å². The number of amides is 1. The van der Waals surface area contributed by atoms with Crippen LogP contribution in [0, 0.1) is 17.3 Å². The monoisotopic (exact) mass is 391 g/mol. The quantitative estimate of drug-likeness (QED) is 0.754. The number of nitrogens with one attached hydrogen (secondary N) is 1. The van der Waals surface area contributed by atoms with Gasteiger partial charge in [-0.05, 0) is 68.9 Å². The Kier molecular flexibility index (Phi) is 4.71. The normalized spacial score (nSPS) is 34.9. The van der Waals surface area contributed by atoms with E-state index in [0.717, 1.165) is 37.7 Å². The Hall–Kier alpha value is -1.59. The Morgan fingerprint density at radius 1 is 1.26 bits per heavy atom. The standard InChI is InChI=1S/C21H26ClNO4/c1-13(16-4-2-3-5-17(16)22)23-18(24)11-27-19(25)20-7-14-6-15(8-20)10-21(26,9-14)12-20/h2-5,13-15,26H,6-12H2,1H3,(H,23,24)/t13-,14-,15+,20?,21?/m1/s1. The first-order valence-electron chi connectivity index (χ1n) is 9.72. The second-order valence-corrected chi connectivity index (χ2v) is 9.26. The molecule has 0 spiro atoms. The van der Waals surface area contributed by atoms with Crippen LogP contribution in [0.15, 0.2) is 24.3 Å². The van der Waals surface area contributed by atoms with Crippen molar-refractivity contribution in [1.82, 2.24) is 5.32 Å². The van der Waals surface area contributed by atoms with E-state index >= 15 is 0 Å². The second-order valence-electron chi connectivity index (χ2n) is 8.85. The van der Waals surface area contributed by atoms with Gasteiger partial charge < -0.3 is 15.2 Å². The minimum Gasteiger partial charge on any atom is -0.455 e. The molecule has 0 radical (unpaired) electrons. The first-order chi connectivity index (χ1) is 12.8. The lowest BCUT2D eigenvalue weighted by atomic mass is 9.48. The highest BCUT2D eigenvalue weighted by molar-refractivity contribution is 6.31. The number of carbonyl (C=O) groups is 2. The van der Waals surface area contributed by atoms with Crippen molar-refractivity contribution in [3.63, 3.8) is 0 Å². The smallest absolute Gasteiger partial charge is 0.312 e. The van der Waals surface area contributed by atoms with Gasteiger partial charge in [0.1, 0.15) is 0 Å². The second kappa shape index (κ2) is 6.78. The number of hydrogen-bond acceptors (Lipinski definition) is 4. The van der Waals surface area contributed by atoms with Crippen molar-refractivity contribution in [1.29, 1.82) is 0 Å². The molecule has 0 aromatic heterocycles. The molecule has 27 heavy (non-hydrogen) atoms. The van der Waals surface area contributed by atoms with E-state index in [1.54, 1.807) is 6.07 Å². The van der Waals surface area contributed by atoms with Gasteiger partial charge in [0.25, 0.3) is 5.91 Å². The number of hydrogen-bond donors (Lipinski definition) is 2. The van der Waals surface area contributed by atoms with Gasteiger partial charge in [0.2, 0.25) is 0 Å². The van der Waals surface area contributed by atoms with Crippen molar-refractivity contribution in [2.45, 2.75) is 57.1 Å². The van der Waals surface area contributed by atoms with Crippen LogP contribution in [0.5, 0.6) is 0 Å². The van der Waals surface area contributed by atoms with Gasteiger partial charge in [0, 0.05) is 5.02 Å². The highest BCUT2D eigenvalue weighted by atomic mass is 35.5. The van der Waals surface area contributed by atoms with E-state index in [2.05, 4.69) is 5.32 Å². The number of rotatable bonds is 5. The van der Waals surface area contributed by atoms with E-state index in [1.165, 1.54) is 0 Å². The zero-order chi connectivity index (χ0) is 19.2. The van der Waals surface area contributed by atoms with E-state index in [9.17, 15) is 14.7 Å². The van der Waals surface area contributed by atoms with Gasteiger partial charge >= 0.3 is 5.97 Å². The van der Waals surface area contributed by atoms with Crippen LogP contribution in [0.2, 0.25) is 5.02 Å². The molecule has 0 aliphatic heterocycles. The summed E-state index contributed by atoms with van der Waals surface area (Å²) >= 11 is 6.16. The van der Waals surface area contributed by atoms with Crippen LogP contribution in [0.3, 0.4) is 0 Å². The summed E-state index contributed by atoms with van der Waals surface area (Å²) in [5.74, 6) is 0.130. The van der Waals surface area contributed by atoms with E-state index in [4.69, 9.17) is 16.3 Å². The Morgan fingerprint density at radius 2 is 1.93 bits per heavy atom. The zero-order valence-corrected chi connectivity index (χ0v) is 16.3. The molecule has 0 heterocycles. The summed E-state index contributed by atoms with van der Waals surface area (Å²) in [5.41, 5.74) is -0.501. The molecule has 4 bridgehead atoms. The summed E-state index contributed by atoms with van der Waals surface area (Å²) in [6.07, 6.45) is 4.74. The predicted molar refractivity (Wildman–Crippen MR) is 101 cm³/mol. The van der Waals surface area contributed by atoms with Crippen molar-refractivity contribution in [2.75, 3.05) is 6.61 Å². The third kappa shape index (κ3) is 3.59. The van der Waals surface area contributed by atoms with Gasteiger partial charge in [0.05, 0.1) is 17.1 Å². The number of halogens is 1. The molecule has 0 saturated heterocycles. The van der Waals surface area contributed by atoms with E-state index in [1.807, 2.05) is 25.1 Å². The molecule has 4 aliphatic carbocycles. The number of aliphatic hydroxyl groups is 1. The van der Waals surface area contributed by atoms with Gasteiger partial charge in [-0.1, -0.05) is 29.8 Å². The summed E-state index contributed by atoms with van der Waals surface area (Å²) < 4.78 is 5.41. The number of esters is 1. The maximum Gasteiger partial charge on any atom is 0.312 e. The third-order valence-electron chi connectivity index (χ3n) is 6.55. The van der Waals surface area contributed by atoms with Crippen molar-refractivity contribution >= 4 is 23.5 Å². The zero-order valence-electron chi connectivity index (χ0n) is 15.5. The summed E-state index contributed by atoms with van der Waals surface area (Å²) in [6, 6.07) is 7.06. The van der Waals surface area contributed by atoms with Gasteiger partial charge in [-0.15, -0.1) is 0 Å². The maximum absolute atomic E-state index is 12.8. The fourth-order valence-electron chi connectivity index (χ4n) is 5.92. The lowest BCUT2D eigenvalue weighted by molar-refractivity contribution is -0.196. The van der Waals surface area contributed by atoms with Crippen LogP contribution in [-0.4, -0.2) is 29.2 Å². The topological polar surface area (TPSA) is 75.6 Å². The molecule has 146 valence electrons. The predicted octanol–water partition coefficient (Wildman–Crippen LogP) is 3.39. The molecule has 5 atom stereocenters. The lowest BCUT2D eigenvalue weighted by Crippen LogP contribution is -2.58. The SMILES string of the molecule is C[C@@H](NC(=O)COC(=O)C12C[C@@H]3C[C@@H](CC(O)(C3)C1)C2)c1ccccc1Cl. The molecule has 5 rings (SSSR count). The van der Waals surface area contributed by atoms with Crippen molar-refractivity contribution < 1.29 is 19.4 Å². The highest BCUT2D eigenvalue weighted by Crippen LogP contribution is 2.61. The maximum atomic E-state index is 12.8. The number of ether oxygens (including phenoxy) is 1. The first-order valence-corrected chi connectivity index (χ1v) is 10.1. The molecule has 5 nitrogen and oxygen atoms in total. The average molecular weight is 392 g/mol. The molecular formula is C21H26ClNO4. The fraction of sp³-hybridized carbons (Fsp3) is 0.619. The minimum atomic E-state index is -0.718. The third-order valence-corrected chi connectivity index (χ3v) is 6.89. The molecule has 2 unspecified atom stereocenters. The Labute approximate surface area is 164 Å². The summed E-state index contributed by atoms with van der Waals surface area (Å²) in [6.45, 7) is 1.54. The largest absolute Gasteiger partial charge is 0.455 e. The van der Waals surface area contributed by atoms with Crippen molar-refractivity contribution in [2.24, 2.45) is 17.3 Å². The molecule has 6 heteroatoms.